The van der Waals surface area contributed by atoms with Gasteiger partial charge in [0.1, 0.15) is 5.82 Å². The summed E-state index contributed by atoms with van der Waals surface area (Å²) in [5.41, 5.74) is 2.87. The van der Waals surface area contributed by atoms with Crippen molar-refractivity contribution in [2.75, 3.05) is 0 Å². The second kappa shape index (κ2) is 8.79. The standard InChI is InChI=1S/C25H24BrFN2O2/c1-15-21(16(2)29(25(31)22(15)26)20-12-4-3-5-13-20)24(30)28-23(17-8-6-9-17)18-10-7-11-19(27)14-18/h3-5,7,10-14,17,23H,6,8-9H2,1-2H3,(H,28,30)/t23-/m0/s1. The fourth-order valence-electron chi connectivity index (χ4n) is 4.29. The monoisotopic (exact) mass is 482 g/mol. The van der Waals surface area contributed by atoms with Gasteiger partial charge in [0.2, 0.25) is 0 Å². The van der Waals surface area contributed by atoms with Crippen LogP contribution in [0.3, 0.4) is 0 Å². The fourth-order valence-corrected chi connectivity index (χ4v) is 4.66. The molecule has 2 aromatic carbocycles. The number of benzene rings is 2. The van der Waals surface area contributed by atoms with Gasteiger partial charge in [-0.2, -0.15) is 0 Å². The van der Waals surface area contributed by atoms with Crippen LogP contribution in [0, 0.1) is 25.6 Å². The molecule has 0 aliphatic heterocycles. The van der Waals surface area contributed by atoms with Crippen LogP contribution >= 0.6 is 15.9 Å². The van der Waals surface area contributed by atoms with E-state index in [0.717, 1.165) is 24.8 Å². The van der Waals surface area contributed by atoms with Gasteiger partial charge in [0.15, 0.2) is 0 Å². The minimum atomic E-state index is -0.316. The van der Waals surface area contributed by atoms with Crippen LogP contribution in [0.25, 0.3) is 5.69 Å². The normalized spacial score (nSPS) is 14.7. The molecule has 1 aliphatic carbocycles. The largest absolute Gasteiger partial charge is 0.345 e. The molecular weight excluding hydrogens is 459 g/mol. The van der Waals surface area contributed by atoms with Crippen molar-refractivity contribution < 1.29 is 9.18 Å². The molecule has 1 aromatic heterocycles. The second-order valence-electron chi connectivity index (χ2n) is 8.07. The fraction of sp³-hybridized carbons (Fsp3) is 0.280. The summed E-state index contributed by atoms with van der Waals surface area (Å²) in [7, 11) is 0. The molecule has 1 N–H and O–H groups in total. The van der Waals surface area contributed by atoms with Crippen LogP contribution in [0.4, 0.5) is 4.39 Å². The van der Waals surface area contributed by atoms with Crippen LogP contribution in [0.5, 0.6) is 0 Å². The van der Waals surface area contributed by atoms with E-state index in [1.165, 1.54) is 12.1 Å². The number of pyridine rings is 1. The highest BCUT2D eigenvalue weighted by molar-refractivity contribution is 9.10. The quantitative estimate of drug-likeness (QED) is 0.512. The lowest BCUT2D eigenvalue weighted by molar-refractivity contribution is 0.0898. The molecule has 1 heterocycles. The minimum Gasteiger partial charge on any atom is -0.345 e. The maximum Gasteiger partial charge on any atom is 0.269 e. The Kier molecular flexibility index (Phi) is 6.10. The van der Waals surface area contributed by atoms with Gasteiger partial charge in [-0.3, -0.25) is 14.2 Å². The van der Waals surface area contributed by atoms with E-state index in [-0.39, 0.29) is 29.2 Å². The molecule has 0 spiro atoms. The Balaban J connectivity index is 1.77. The summed E-state index contributed by atoms with van der Waals surface area (Å²) in [4.78, 5) is 26.5. The van der Waals surface area contributed by atoms with Crippen molar-refractivity contribution in [2.45, 2.75) is 39.2 Å². The molecule has 1 atom stereocenters. The van der Waals surface area contributed by atoms with Crippen LogP contribution < -0.4 is 10.9 Å². The summed E-state index contributed by atoms with van der Waals surface area (Å²) in [6.45, 7) is 3.55. The van der Waals surface area contributed by atoms with E-state index in [1.807, 2.05) is 36.4 Å². The molecule has 1 aliphatic rings. The van der Waals surface area contributed by atoms with E-state index in [2.05, 4.69) is 21.2 Å². The Labute approximate surface area is 189 Å². The zero-order valence-electron chi connectivity index (χ0n) is 17.5. The highest BCUT2D eigenvalue weighted by Gasteiger charge is 2.31. The number of nitrogens with one attached hydrogen (secondary N) is 1. The van der Waals surface area contributed by atoms with Gasteiger partial charge in [-0.15, -0.1) is 0 Å². The molecule has 160 valence electrons. The molecule has 1 amide bonds. The van der Waals surface area contributed by atoms with Gasteiger partial charge in [-0.05, 0) is 83.9 Å². The van der Waals surface area contributed by atoms with E-state index < -0.39 is 0 Å². The third kappa shape index (κ3) is 4.09. The van der Waals surface area contributed by atoms with Crippen molar-refractivity contribution in [1.82, 2.24) is 9.88 Å². The molecule has 0 radical (unpaired) electrons. The first kappa shape index (κ1) is 21.5. The molecular formula is C25H24BrFN2O2. The van der Waals surface area contributed by atoms with Crippen molar-refractivity contribution in [2.24, 2.45) is 5.92 Å². The van der Waals surface area contributed by atoms with E-state index in [1.54, 1.807) is 24.5 Å². The molecule has 0 saturated heterocycles. The number of carbonyl (C=O) groups is 1. The van der Waals surface area contributed by atoms with Gasteiger partial charge in [0.25, 0.3) is 11.5 Å². The van der Waals surface area contributed by atoms with Crippen molar-refractivity contribution in [1.29, 1.82) is 0 Å². The lowest BCUT2D eigenvalue weighted by Gasteiger charge is -2.35. The molecule has 4 nitrogen and oxygen atoms in total. The van der Waals surface area contributed by atoms with E-state index >= 15 is 0 Å². The van der Waals surface area contributed by atoms with Gasteiger partial charge >= 0.3 is 0 Å². The first-order chi connectivity index (χ1) is 14.9. The highest BCUT2D eigenvalue weighted by atomic mass is 79.9. The van der Waals surface area contributed by atoms with Crippen LogP contribution in [0.1, 0.15) is 52.5 Å². The third-order valence-electron chi connectivity index (χ3n) is 6.15. The summed E-state index contributed by atoms with van der Waals surface area (Å²) in [5, 5.41) is 3.14. The third-order valence-corrected chi connectivity index (χ3v) is 7.08. The van der Waals surface area contributed by atoms with Crippen molar-refractivity contribution in [3.05, 3.63) is 97.6 Å². The van der Waals surface area contributed by atoms with Gasteiger partial charge in [0, 0.05) is 11.4 Å². The Morgan fingerprint density at radius 1 is 1.13 bits per heavy atom. The maximum atomic E-state index is 13.9. The minimum absolute atomic E-state index is 0.210. The van der Waals surface area contributed by atoms with E-state index in [9.17, 15) is 14.0 Å². The van der Waals surface area contributed by atoms with Gasteiger partial charge < -0.3 is 5.32 Å². The Bertz CT molecular complexity index is 1190. The van der Waals surface area contributed by atoms with E-state index in [4.69, 9.17) is 0 Å². The Hall–Kier alpha value is -2.73. The zero-order chi connectivity index (χ0) is 22.1. The maximum absolute atomic E-state index is 13.9. The number of hydrogen-bond donors (Lipinski definition) is 1. The van der Waals surface area contributed by atoms with Crippen molar-refractivity contribution >= 4 is 21.8 Å². The van der Waals surface area contributed by atoms with Crippen LogP contribution in [0.2, 0.25) is 0 Å². The van der Waals surface area contributed by atoms with Gasteiger partial charge in [-0.25, -0.2) is 4.39 Å². The first-order valence-electron chi connectivity index (χ1n) is 10.4. The highest BCUT2D eigenvalue weighted by Crippen LogP contribution is 2.38. The van der Waals surface area contributed by atoms with E-state index in [0.29, 0.717) is 27.0 Å². The summed E-state index contributed by atoms with van der Waals surface area (Å²) in [5.74, 6) is -0.305. The number of carbonyl (C=O) groups excluding carboxylic acids is 1. The summed E-state index contributed by atoms with van der Waals surface area (Å²) in [6, 6.07) is 15.4. The predicted octanol–water partition coefficient (Wildman–Crippen LogP) is 5.63. The number of nitrogens with zero attached hydrogens (tertiary/aromatic N) is 1. The average molecular weight is 483 g/mol. The predicted molar refractivity (Wildman–Crippen MR) is 123 cm³/mol. The van der Waals surface area contributed by atoms with Gasteiger partial charge in [0.05, 0.1) is 16.1 Å². The topological polar surface area (TPSA) is 51.1 Å². The Morgan fingerprint density at radius 3 is 2.45 bits per heavy atom. The number of rotatable bonds is 5. The molecule has 31 heavy (non-hydrogen) atoms. The number of aromatic nitrogens is 1. The SMILES string of the molecule is Cc1c(C(=O)N[C@H](c2cccc(F)c2)C2CCC2)c(C)n(-c2ccccc2)c(=O)c1Br. The second-order valence-corrected chi connectivity index (χ2v) is 8.87. The smallest absolute Gasteiger partial charge is 0.269 e. The molecule has 1 fully saturated rings. The van der Waals surface area contributed by atoms with Gasteiger partial charge in [-0.1, -0.05) is 36.8 Å². The lowest BCUT2D eigenvalue weighted by Crippen LogP contribution is -2.38. The zero-order valence-corrected chi connectivity index (χ0v) is 19.1. The lowest BCUT2D eigenvalue weighted by atomic mass is 9.77. The van der Waals surface area contributed by atoms with Crippen molar-refractivity contribution in [3.8, 4) is 5.69 Å². The average Bonchev–Trinajstić information content (AvgIpc) is 2.71. The number of para-hydroxylation sites is 1. The molecule has 6 heteroatoms. The molecule has 0 unspecified atom stereocenters. The van der Waals surface area contributed by atoms with Crippen molar-refractivity contribution in [3.63, 3.8) is 0 Å². The van der Waals surface area contributed by atoms with Crippen LogP contribution in [-0.4, -0.2) is 10.5 Å². The molecule has 3 aromatic rings. The Morgan fingerprint density at radius 2 is 1.84 bits per heavy atom. The first-order valence-corrected chi connectivity index (χ1v) is 11.2. The number of halogens is 2. The number of amides is 1. The van der Waals surface area contributed by atoms with Crippen LogP contribution in [-0.2, 0) is 0 Å². The van der Waals surface area contributed by atoms with Crippen LogP contribution in [0.15, 0.2) is 63.9 Å². The summed E-state index contributed by atoms with van der Waals surface area (Å²) >= 11 is 3.39. The molecule has 0 bridgehead atoms. The number of hydrogen-bond acceptors (Lipinski definition) is 2. The summed E-state index contributed by atoms with van der Waals surface area (Å²) in [6.07, 6.45) is 3.09. The molecule has 1 saturated carbocycles. The summed E-state index contributed by atoms with van der Waals surface area (Å²) < 4.78 is 15.8. The molecule has 4 rings (SSSR count).